The van der Waals surface area contributed by atoms with Crippen molar-refractivity contribution in [1.82, 2.24) is 5.32 Å². The minimum atomic E-state index is 0.595. The van der Waals surface area contributed by atoms with Gasteiger partial charge in [-0.25, -0.2) is 0 Å². The van der Waals surface area contributed by atoms with Crippen LogP contribution in [0.5, 0.6) is 0 Å². The highest BCUT2D eigenvalue weighted by Gasteiger charge is 2.26. The summed E-state index contributed by atoms with van der Waals surface area (Å²) in [6.07, 6.45) is 12.6. The highest BCUT2D eigenvalue weighted by Crippen LogP contribution is 2.35. The van der Waals surface area contributed by atoms with Crippen molar-refractivity contribution < 1.29 is 0 Å². The zero-order valence-corrected chi connectivity index (χ0v) is 11.6. The molecule has 1 nitrogen and oxygen atoms in total. The smallest absolute Gasteiger partial charge is 0.00646 e. The quantitative estimate of drug-likeness (QED) is 0.672. The molecule has 1 rings (SSSR count). The van der Waals surface area contributed by atoms with E-state index in [1.807, 2.05) is 0 Å². The van der Waals surface area contributed by atoms with Crippen LogP contribution in [-0.2, 0) is 0 Å². The Labute approximate surface area is 102 Å². The summed E-state index contributed by atoms with van der Waals surface area (Å²) in [6, 6.07) is 0.763. The van der Waals surface area contributed by atoms with Crippen LogP contribution >= 0.6 is 0 Å². The monoisotopic (exact) mass is 225 g/mol. The van der Waals surface area contributed by atoms with E-state index in [9.17, 15) is 0 Å². The van der Waals surface area contributed by atoms with Crippen molar-refractivity contribution >= 4 is 0 Å². The molecule has 0 saturated heterocycles. The molecule has 0 spiro atoms. The van der Waals surface area contributed by atoms with E-state index < -0.39 is 0 Å². The van der Waals surface area contributed by atoms with E-state index in [-0.39, 0.29) is 0 Å². The lowest BCUT2D eigenvalue weighted by molar-refractivity contribution is 0.197. The predicted molar refractivity (Wildman–Crippen MR) is 72.8 cm³/mol. The van der Waals surface area contributed by atoms with Crippen molar-refractivity contribution in [2.45, 2.75) is 84.6 Å². The number of rotatable bonds is 7. The molecule has 0 heterocycles. The lowest BCUT2D eigenvalue weighted by atomic mass is 9.75. The van der Waals surface area contributed by atoms with Crippen LogP contribution in [0.4, 0.5) is 0 Å². The molecule has 1 heteroatoms. The van der Waals surface area contributed by atoms with E-state index >= 15 is 0 Å². The molecule has 1 unspecified atom stereocenters. The van der Waals surface area contributed by atoms with Gasteiger partial charge in [0.05, 0.1) is 0 Å². The second kappa shape index (κ2) is 7.32. The Bertz CT molecular complexity index is 170. The lowest BCUT2D eigenvalue weighted by Crippen LogP contribution is -2.39. The van der Waals surface area contributed by atoms with Gasteiger partial charge >= 0.3 is 0 Å². The van der Waals surface area contributed by atoms with E-state index in [4.69, 9.17) is 0 Å². The summed E-state index contributed by atoms with van der Waals surface area (Å²) in [5.41, 5.74) is 0.595. The van der Waals surface area contributed by atoms with Gasteiger partial charge in [-0.3, -0.25) is 0 Å². The van der Waals surface area contributed by atoms with Crippen molar-refractivity contribution in [3.63, 3.8) is 0 Å². The van der Waals surface area contributed by atoms with Crippen molar-refractivity contribution in [2.24, 2.45) is 5.41 Å². The van der Waals surface area contributed by atoms with Crippen molar-refractivity contribution in [3.8, 4) is 0 Å². The minimum absolute atomic E-state index is 0.595. The first-order valence-corrected chi connectivity index (χ1v) is 7.43. The minimum Gasteiger partial charge on any atom is -0.313 e. The Hall–Kier alpha value is -0.0400. The van der Waals surface area contributed by atoms with Crippen LogP contribution in [0.3, 0.4) is 0 Å². The maximum atomic E-state index is 3.81. The molecule has 0 bridgehead atoms. The fourth-order valence-electron chi connectivity index (χ4n) is 2.87. The molecule has 0 aromatic rings. The van der Waals surface area contributed by atoms with Crippen LogP contribution in [-0.4, -0.2) is 12.6 Å². The SMILES string of the molecule is CCCCC(CC)NCC1(C)CCCCC1. The zero-order chi connectivity index (χ0) is 11.9. The molecule has 0 aromatic carbocycles. The second-order valence-corrected chi connectivity index (χ2v) is 6.00. The third-order valence-corrected chi connectivity index (χ3v) is 4.28. The van der Waals surface area contributed by atoms with Crippen LogP contribution in [0, 0.1) is 5.41 Å². The topological polar surface area (TPSA) is 12.0 Å². The molecule has 1 aliphatic carbocycles. The summed E-state index contributed by atoms with van der Waals surface area (Å²) >= 11 is 0. The fourth-order valence-corrected chi connectivity index (χ4v) is 2.87. The lowest BCUT2D eigenvalue weighted by Gasteiger charge is -2.35. The Kier molecular flexibility index (Phi) is 6.41. The molecule has 1 fully saturated rings. The largest absolute Gasteiger partial charge is 0.313 e. The predicted octanol–water partition coefficient (Wildman–Crippen LogP) is 4.52. The summed E-state index contributed by atoms with van der Waals surface area (Å²) in [4.78, 5) is 0. The molecular weight excluding hydrogens is 194 g/mol. The average Bonchev–Trinajstić information content (AvgIpc) is 2.30. The summed E-state index contributed by atoms with van der Waals surface area (Å²) in [5.74, 6) is 0. The molecule has 0 radical (unpaired) electrons. The summed E-state index contributed by atoms with van der Waals surface area (Å²) < 4.78 is 0. The van der Waals surface area contributed by atoms with Gasteiger partial charge in [0.2, 0.25) is 0 Å². The molecule has 16 heavy (non-hydrogen) atoms. The highest BCUT2D eigenvalue weighted by atomic mass is 14.9. The van der Waals surface area contributed by atoms with Gasteiger partial charge in [-0.15, -0.1) is 0 Å². The molecule has 1 N–H and O–H groups in total. The first-order chi connectivity index (χ1) is 7.70. The Balaban J connectivity index is 2.24. The van der Waals surface area contributed by atoms with Crippen molar-refractivity contribution in [3.05, 3.63) is 0 Å². The van der Waals surface area contributed by atoms with E-state index in [1.165, 1.54) is 64.3 Å². The Morgan fingerprint density at radius 3 is 2.38 bits per heavy atom. The molecule has 1 saturated carbocycles. The number of hydrogen-bond donors (Lipinski definition) is 1. The van der Waals surface area contributed by atoms with Gasteiger partial charge in [0, 0.05) is 12.6 Å². The molecule has 0 amide bonds. The van der Waals surface area contributed by atoms with E-state index in [1.54, 1.807) is 0 Å². The van der Waals surface area contributed by atoms with Gasteiger partial charge in [-0.1, -0.05) is 52.9 Å². The molecule has 1 aliphatic rings. The number of nitrogens with one attached hydrogen (secondary N) is 1. The summed E-state index contributed by atoms with van der Waals surface area (Å²) in [6.45, 7) is 8.33. The van der Waals surface area contributed by atoms with Crippen LogP contribution in [0.2, 0.25) is 0 Å². The Morgan fingerprint density at radius 2 is 1.81 bits per heavy atom. The van der Waals surface area contributed by atoms with Gasteiger partial charge in [0.15, 0.2) is 0 Å². The van der Waals surface area contributed by atoms with Gasteiger partial charge in [0.1, 0.15) is 0 Å². The van der Waals surface area contributed by atoms with Gasteiger partial charge in [-0.2, -0.15) is 0 Å². The van der Waals surface area contributed by atoms with Crippen LogP contribution in [0.25, 0.3) is 0 Å². The van der Waals surface area contributed by atoms with E-state index in [0.717, 1.165) is 6.04 Å². The normalized spacial score (nSPS) is 21.9. The van der Waals surface area contributed by atoms with E-state index in [0.29, 0.717) is 5.41 Å². The highest BCUT2D eigenvalue weighted by molar-refractivity contribution is 4.82. The number of hydrogen-bond acceptors (Lipinski definition) is 1. The Morgan fingerprint density at radius 1 is 1.12 bits per heavy atom. The van der Waals surface area contributed by atoms with Crippen LogP contribution in [0.1, 0.15) is 78.6 Å². The molecule has 0 aromatic heterocycles. The maximum Gasteiger partial charge on any atom is 0.00646 e. The molecule has 0 aliphatic heterocycles. The first kappa shape index (κ1) is 14.0. The van der Waals surface area contributed by atoms with Crippen LogP contribution < -0.4 is 5.32 Å². The summed E-state index contributed by atoms with van der Waals surface area (Å²) in [5, 5.41) is 3.81. The van der Waals surface area contributed by atoms with Crippen molar-refractivity contribution in [1.29, 1.82) is 0 Å². The molecule has 96 valence electrons. The maximum absolute atomic E-state index is 3.81. The first-order valence-electron chi connectivity index (χ1n) is 7.43. The standard InChI is InChI=1S/C15H31N/c1-4-6-10-14(5-2)16-13-15(3)11-8-7-9-12-15/h14,16H,4-13H2,1-3H3. The third kappa shape index (κ3) is 4.86. The zero-order valence-electron chi connectivity index (χ0n) is 11.6. The molecular formula is C15H31N. The van der Waals surface area contributed by atoms with Gasteiger partial charge in [0.25, 0.3) is 0 Å². The number of unbranched alkanes of at least 4 members (excludes halogenated alkanes) is 1. The van der Waals surface area contributed by atoms with Crippen LogP contribution in [0.15, 0.2) is 0 Å². The average molecular weight is 225 g/mol. The van der Waals surface area contributed by atoms with E-state index in [2.05, 4.69) is 26.1 Å². The van der Waals surface area contributed by atoms with Crippen molar-refractivity contribution in [2.75, 3.05) is 6.54 Å². The van der Waals surface area contributed by atoms with Gasteiger partial charge < -0.3 is 5.32 Å². The van der Waals surface area contributed by atoms with Gasteiger partial charge in [-0.05, 0) is 31.1 Å². The fraction of sp³-hybridized carbons (Fsp3) is 1.00. The third-order valence-electron chi connectivity index (χ3n) is 4.28. The molecule has 1 atom stereocenters. The summed E-state index contributed by atoms with van der Waals surface area (Å²) in [7, 11) is 0. The second-order valence-electron chi connectivity index (χ2n) is 6.00.